The lowest BCUT2D eigenvalue weighted by Gasteiger charge is -2.13. The SMILES string of the molecule is Fc1cccc(NCc2ccccc2)c1C1=NCCN1. The lowest BCUT2D eigenvalue weighted by atomic mass is 10.1. The average Bonchev–Trinajstić information content (AvgIpc) is 3.00. The predicted octanol–water partition coefficient (Wildman–Crippen LogP) is 2.79. The van der Waals surface area contributed by atoms with Crippen LogP contribution in [0.2, 0.25) is 0 Å². The van der Waals surface area contributed by atoms with E-state index in [0.29, 0.717) is 24.5 Å². The summed E-state index contributed by atoms with van der Waals surface area (Å²) in [6.45, 7) is 2.12. The molecule has 1 aliphatic rings. The second kappa shape index (κ2) is 5.74. The zero-order valence-electron chi connectivity index (χ0n) is 11.1. The first-order valence-electron chi connectivity index (χ1n) is 6.69. The normalized spacial score (nSPS) is 13.8. The van der Waals surface area contributed by atoms with Gasteiger partial charge in [0.2, 0.25) is 0 Å². The number of aliphatic imine (C=N–C) groups is 1. The molecule has 0 aromatic heterocycles. The molecule has 1 aliphatic heterocycles. The molecule has 0 fully saturated rings. The number of amidine groups is 1. The van der Waals surface area contributed by atoms with Crippen LogP contribution in [0.4, 0.5) is 10.1 Å². The Hall–Kier alpha value is -2.36. The summed E-state index contributed by atoms with van der Waals surface area (Å²) in [7, 11) is 0. The minimum atomic E-state index is -0.254. The number of anilines is 1. The zero-order valence-corrected chi connectivity index (χ0v) is 11.1. The first-order valence-corrected chi connectivity index (χ1v) is 6.69. The van der Waals surface area contributed by atoms with E-state index in [1.54, 1.807) is 6.07 Å². The van der Waals surface area contributed by atoms with E-state index in [1.807, 2.05) is 36.4 Å². The van der Waals surface area contributed by atoms with Gasteiger partial charge in [-0.25, -0.2) is 4.39 Å². The van der Waals surface area contributed by atoms with Gasteiger partial charge in [-0.2, -0.15) is 0 Å². The molecular formula is C16H16FN3. The molecular weight excluding hydrogens is 253 g/mol. The first kappa shape index (κ1) is 12.7. The van der Waals surface area contributed by atoms with Crippen molar-refractivity contribution in [3.05, 3.63) is 65.5 Å². The Morgan fingerprint density at radius 1 is 1.10 bits per heavy atom. The van der Waals surface area contributed by atoms with E-state index >= 15 is 0 Å². The van der Waals surface area contributed by atoms with Crippen LogP contribution in [0.1, 0.15) is 11.1 Å². The van der Waals surface area contributed by atoms with Gasteiger partial charge in [-0.15, -0.1) is 0 Å². The summed E-state index contributed by atoms with van der Waals surface area (Å²) >= 11 is 0. The average molecular weight is 269 g/mol. The maximum Gasteiger partial charge on any atom is 0.136 e. The zero-order chi connectivity index (χ0) is 13.8. The van der Waals surface area contributed by atoms with Gasteiger partial charge < -0.3 is 10.6 Å². The number of benzene rings is 2. The van der Waals surface area contributed by atoms with Gasteiger partial charge in [0.15, 0.2) is 0 Å². The van der Waals surface area contributed by atoms with Crippen molar-refractivity contribution in [3.63, 3.8) is 0 Å². The van der Waals surface area contributed by atoms with Crippen LogP contribution in [0, 0.1) is 5.82 Å². The quantitative estimate of drug-likeness (QED) is 0.895. The molecule has 3 nitrogen and oxygen atoms in total. The van der Waals surface area contributed by atoms with Crippen molar-refractivity contribution in [1.29, 1.82) is 0 Å². The van der Waals surface area contributed by atoms with Crippen LogP contribution >= 0.6 is 0 Å². The van der Waals surface area contributed by atoms with Crippen molar-refractivity contribution in [2.75, 3.05) is 18.4 Å². The van der Waals surface area contributed by atoms with Crippen molar-refractivity contribution in [2.45, 2.75) is 6.54 Å². The highest BCUT2D eigenvalue weighted by Gasteiger charge is 2.16. The maximum atomic E-state index is 14.1. The summed E-state index contributed by atoms with van der Waals surface area (Å²) in [6, 6.07) is 15.1. The highest BCUT2D eigenvalue weighted by Crippen LogP contribution is 2.21. The molecule has 0 aliphatic carbocycles. The van der Waals surface area contributed by atoms with Crippen molar-refractivity contribution in [1.82, 2.24) is 5.32 Å². The minimum absolute atomic E-state index is 0.254. The summed E-state index contributed by atoms with van der Waals surface area (Å²) in [4.78, 5) is 4.31. The lowest BCUT2D eigenvalue weighted by Crippen LogP contribution is -2.22. The van der Waals surface area contributed by atoms with E-state index in [-0.39, 0.29) is 5.82 Å². The Morgan fingerprint density at radius 2 is 1.95 bits per heavy atom. The molecule has 4 heteroatoms. The Labute approximate surface area is 117 Å². The molecule has 2 aromatic carbocycles. The molecule has 20 heavy (non-hydrogen) atoms. The molecule has 0 bridgehead atoms. The van der Waals surface area contributed by atoms with Crippen molar-refractivity contribution >= 4 is 11.5 Å². The highest BCUT2D eigenvalue weighted by molar-refractivity contribution is 6.04. The van der Waals surface area contributed by atoms with E-state index in [1.165, 1.54) is 6.07 Å². The van der Waals surface area contributed by atoms with E-state index < -0.39 is 0 Å². The lowest BCUT2D eigenvalue weighted by molar-refractivity contribution is 0.625. The minimum Gasteiger partial charge on any atom is -0.380 e. The van der Waals surface area contributed by atoms with Crippen molar-refractivity contribution < 1.29 is 4.39 Å². The number of halogens is 1. The summed E-state index contributed by atoms with van der Waals surface area (Å²) in [5, 5.41) is 6.41. The Kier molecular flexibility index (Phi) is 3.63. The predicted molar refractivity (Wildman–Crippen MR) is 79.6 cm³/mol. The Bertz CT molecular complexity index is 623. The third-order valence-corrected chi connectivity index (χ3v) is 3.25. The summed E-state index contributed by atoms with van der Waals surface area (Å²) in [5.74, 6) is 0.384. The molecule has 0 saturated heterocycles. The van der Waals surface area contributed by atoms with Gasteiger partial charge in [0.25, 0.3) is 0 Å². The van der Waals surface area contributed by atoms with Crippen LogP contribution in [0.15, 0.2) is 53.5 Å². The fraction of sp³-hybridized carbons (Fsp3) is 0.188. The summed E-state index contributed by atoms with van der Waals surface area (Å²) in [5.41, 5.74) is 2.45. The number of nitrogens with one attached hydrogen (secondary N) is 2. The molecule has 2 aromatic rings. The van der Waals surface area contributed by atoms with E-state index in [2.05, 4.69) is 15.6 Å². The molecule has 2 N–H and O–H groups in total. The molecule has 0 saturated carbocycles. The number of rotatable bonds is 4. The fourth-order valence-corrected chi connectivity index (χ4v) is 2.27. The molecule has 102 valence electrons. The van der Waals surface area contributed by atoms with Gasteiger partial charge in [-0.05, 0) is 17.7 Å². The Balaban J connectivity index is 1.84. The van der Waals surface area contributed by atoms with Crippen LogP contribution in [0.25, 0.3) is 0 Å². The third kappa shape index (κ3) is 2.64. The van der Waals surface area contributed by atoms with E-state index in [9.17, 15) is 4.39 Å². The standard InChI is InChI=1S/C16H16FN3/c17-13-7-4-8-14(15(13)16-18-9-10-19-16)20-11-12-5-2-1-3-6-12/h1-8,20H,9-11H2,(H,18,19). The first-order chi connectivity index (χ1) is 9.84. The number of hydrogen-bond donors (Lipinski definition) is 2. The van der Waals surface area contributed by atoms with Crippen LogP contribution in [0.5, 0.6) is 0 Å². The largest absolute Gasteiger partial charge is 0.380 e. The topological polar surface area (TPSA) is 36.4 Å². The van der Waals surface area contributed by atoms with Gasteiger partial charge in [-0.3, -0.25) is 4.99 Å². The molecule has 0 atom stereocenters. The Morgan fingerprint density at radius 3 is 2.70 bits per heavy atom. The third-order valence-electron chi connectivity index (χ3n) is 3.25. The maximum absolute atomic E-state index is 14.1. The van der Waals surface area contributed by atoms with E-state index in [4.69, 9.17) is 0 Å². The molecule has 0 radical (unpaired) electrons. The van der Waals surface area contributed by atoms with Gasteiger partial charge >= 0.3 is 0 Å². The monoisotopic (exact) mass is 269 g/mol. The van der Waals surface area contributed by atoms with Gasteiger partial charge in [0.1, 0.15) is 11.7 Å². The van der Waals surface area contributed by atoms with Crippen LogP contribution in [-0.4, -0.2) is 18.9 Å². The molecule has 0 unspecified atom stereocenters. The smallest absolute Gasteiger partial charge is 0.136 e. The van der Waals surface area contributed by atoms with Crippen LogP contribution in [-0.2, 0) is 6.54 Å². The van der Waals surface area contributed by atoms with E-state index in [0.717, 1.165) is 17.8 Å². The molecule has 0 amide bonds. The summed E-state index contributed by atoms with van der Waals surface area (Å²) < 4.78 is 14.1. The number of hydrogen-bond acceptors (Lipinski definition) is 3. The second-order valence-corrected chi connectivity index (χ2v) is 4.66. The highest BCUT2D eigenvalue weighted by atomic mass is 19.1. The van der Waals surface area contributed by atoms with Gasteiger partial charge in [-0.1, -0.05) is 36.4 Å². The number of nitrogens with zero attached hydrogens (tertiary/aromatic N) is 1. The van der Waals surface area contributed by atoms with Crippen molar-refractivity contribution in [2.24, 2.45) is 4.99 Å². The summed E-state index contributed by atoms with van der Waals surface area (Å²) in [6.07, 6.45) is 0. The second-order valence-electron chi connectivity index (χ2n) is 4.66. The van der Waals surface area contributed by atoms with Gasteiger partial charge in [0, 0.05) is 18.8 Å². The van der Waals surface area contributed by atoms with Crippen LogP contribution in [0.3, 0.4) is 0 Å². The van der Waals surface area contributed by atoms with Gasteiger partial charge in [0.05, 0.1) is 12.1 Å². The van der Waals surface area contributed by atoms with Crippen molar-refractivity contribution in [3.8, 4) is 0 Å². The van der Waals surface area contributed by atoms with Crippen LogP contribution < -0.4 is 10.6 Å². The molecule has 3 rings (SSSR count). The fourth-order valence-electron chi connectivity index (χ4n) is 2.27. The molecule has 0 spiro atoms. The molecule has 1 heterocycles.